The third kappa shape index (κ3) is 6.37. The standard InChI is InChI=1S/C36H26N2O6/c1-24(39)33(23-27-9-5-3-6-10-27)36-35(29-16-20-31(21-17-29)38(42)43)34(28-11-7-4-8-12-28)32(25(2)44-36)22-15-26-13-18-30(19-14-26)37(40)41/h3-14,16-21,23,34H,1-2H3/b33-23+. The van der Waals surface area contributed by atoms with Crippen molar-refractivity contribution in [3.05, 3.63) is 174 Å². The topological polar surface area (TPSA) is 113 Å². The smallest absolute Gasteiger partial charge is 0.269 e. The van der Waals surface area contributed by atoms with E-state index in [0.29, 0.717) is 39.4 Å². The van der Waals surface area contributed by atoms with Gasteiger partial charge in [-0.25, -0.2) is 0 Å². The third-order valence-electron chi connectivity index (χ3n) is 7.13. The van der Waals surface area contributed by atoms with E-state index in [1.54, 1.807) is 37.3 Å². The summed E-state index contributed by atoms with van der Waals surface area (Å²) in [6.45, 7) is 3.25. The second kappa shape index (κ2) is 12.8. The first-order chi connectivity index (χ1) is 21.2. The number of carbonyl (C=O) groups is 1. The lowest BCUT2D eigenvalue weighted by atomic mass is 9.77. The number of allylic oxidation sites excluding steroid dienone is 4. The second-order valence-electron chi connectivity index (χ2n) is 10.0. The van der Waals surface area contributed by atoms with Crippen LogP contribution in [0.25, 0.3) is 11.6 Å². The molecule has 0 bridgehead atoms. The summed E-state index contributed by atoms with van der Waals surface area (Å²) in [5.74, 6) is 6.44. The summed E-state index contributed by atoms with van der Waals surface area (Å²) in [6.07, 6.45) is 1.77. The maximum Gasteiger partial charge on any atom is 0.269 e. The first-order valence-electron chi connectivity index (χ1n) is 13.7. The number of hydrogen-bond donors (Lipinski definition) is 0. The first-order valence-corrected chi connectivity index (χ1v) is 13.7. The number of ketones is 1. The van der Waals surface area contributed by atoms with Crippen molar-refractivity contribution in [3.8, 4) is 11.8 Å². The summed E-state index contributed by atoms with van der Waals surface area (Å²) < 4.78 is 6.47. The van der Waals surface area contributed by atoms with Crippen molar-refractivity contribution in [2.45, 2.75) is 19.8 Å². The fraction of sp³-hybridized carbons (Fsp3) is 0.0833. The molecule has 0 N–H and O–H groups in total. The van der Waals surface area contributed by atoms with E-state index in [4.69, 9.17) is 4.74 Å². The van der Waals surface area contributed by atoms with Crippen molar-refractivity contribution in [2.75, 3.05) is 0 Å². The maximum atomic E-state index is 13.2. The fourth-order valence-corrected chi connectivity index (χ4v) is 4.99. The van der Waals surface area contributed by atoms with Gasteiger partial charge < -0.3 is 4.74 Å². The van der Waals surface area contributed by atoms with Crippen LogP contribution in [0.3, 0.4) is 0 Å². The third-order valence-corrected chi connectivity index (χ3v) is 7.13. The molecule has 1 heterocycles. The predicted octanol–water partition coefficient (Wildman–Crippen LogP) is 8.03. The highest BCUT2D eigenvalue weighted by Gasteiger charge is 2.34. The highest BCUT2D eigenvalue weighted by atomic mass is 16.6. The van der Waals surface area contributed by atoms with E-state index < -0.39 is 15.8 Å². The van der Waals surface area contributed by atoms with Crippen molar-refractivity contribution in [1.29, 1.82) is 0 Å². The molecule has 0 radical (unpaired) electrons. The maximum absolute atomic E-state index is 13.2. The van der Waals surface area contributed by atoms with Crippen LogP contribution in [-0.2, 0) is 9.53 Å². The summed E-state index contributed by atoms with van der Waals surface area (Å²) in [5.41, 5.74) is 4.35. The van der Waals surface area contributed by atoms with Gasteiger partial charge in [-0.1, -0.05) is 72.5 Å². The molecule has 1 unspecified atom stereocenters. The van der Waals surface area contributed by atoms with E-state index in [2.05, 4.69) is 11.8 Å². The number of non-ortho nitro benzene ring substituents is 2. The van der Waals surface area contributed by atoms with Crippen LogP contribution in [0.5, 0.6) is 0 Å². The van der Waals surface area contributed by atoms with E-state index in [9.17, 15) is 25.0 Å². The Balaban J connectivity index is 1.76. The van der Waals surface area contributed by atoms with Gasteiger partial charge in [0.1, 0.15) is 11.5 Å². The summed E-state index contributed by atoms with van der Waals surface area (Å²) in [4.78, 5) is 34.9. The number of benzene rings is 4. The molecular formula is C36H26N2O6. The first kappa shape index (κ1) is 29.4. The summed E-state index contributed by atoms with van der Waals surface area (Å²) in [6, 6.07) is 31.1. The number of nitro groups is 2. The molecule has 0 saturated heterocycles. The molecule has 216 valence electrons. The Kier molecular flexibility index (Phi) is 8.59. The van der Waals surface area contributed by atoms with E-state index in [0.717, 1.165) is 11.1 Å². The Morgan fingerprint density at radius 1 is 0.773 bits per heavy atom. The molecule has 0 aliphatic carbocycles. The fourth-order valence-electron chi connectivity index (χ4n) is 4.99. The average Bonchev–Trinajstić information content (AvgIpc) is 3.03. The number of hydrogen-bond acceptors (Lipinski definition) is 6. The van der Waals surface area contributed by atoms with Gasteiger partial charge in [0.2, 0.25) is 0 Å². The molecule has 4 aromatic carbocycles. The number of nitrogens with zero attached hydrogens (tertiary/aromatic N) is 2. The van der Waals surface area contributed by atoms with Gasteiger partial charge in [0.15, 0.2) is 5.78 Å². The zero-order chi connectivity index (χ0) is 31.2. The molecular weight excluding hydrogens is 556 g/mol. The van der Waals surface area contributed by atoms with E-state index in [1.807, 2.05) is 60.7 Å². The average molecular weight is 583 g/mol. The number of carbonyl (C=O) groups excluding carboxylic acids is 1. The molecule has 0 amide bonds. The monoisotopic (exact) mass is 582 g/mol. The molecule has 0 saturated carbocycles. The normalized spacial score (nSPS) is 14.8. The van der Waals surface area contributed by atoms with Gasteiger partial charge in [0, 0.05) is 41.3 Å². The lowest BCUT2D eigenvalue weighted by molar-refractivity contribution is -0.385. The summed E-state index contributed by atoms with van der Waals surface area (Å²) >= 11 is 0. The van der Waals surface area contributed by atoms with Crippen LogP contribution in [0.2, 0.25) is 0 Å². The SMILES string of the molecule is CC(=O)/C(=C\c1ccccc1)C1=C(c2ccc([N+](=O)[O-])cc2)C(c2ccccc2)C(C#Cc2ccc([N+](=O)[O-])cc2)=C(C)O1. The van der Waals surface area contributed by atoms with Crippen LogP contribution in [-0.4, -0.2) is 15.6 Å². The molecule has 44 heavy (non-hydrogen) atoms. The quantitative estimate of drug-likeness (QED) is 0.0944. The summed E-state index contributed by atoms with van der Waals surface area (Å²) in [7, 11) is 0. The lowest BCUT2D eigenvalue weighted by Gasteiger charge is -2.31. The van der Waals surface area contributed by atoms with Gasteiger partial charge in [0.25, 0.3) is 11.4 Å². The number of nitro benzene ring substituents is 2. The Hall–Kier alpha value is -6.07. The van der Waals surface area contributed by atoms with Crippen LogP contribution in [0.15, 0.2) is 132 Å². The minimum atomic E-state index is -0.509. The minimum absolute atomic E-state index is 0.0379. The molecule has 8 heteroatoms. The highest BCUT2D eigenvalue weighted by molar-refractivity contribution is 6.04. The van der Waals surface area contributed by atoms with Gasteiger partial charge in [-0.3, -0.25) is 25.0 Å². The Morgan fingerprint density at radius 2 is 1.32 bits per heavy atom. The Labute approximate surface area is 253 Å². The van der Waals surface area contributed by atoms with Crippen LogP contribution in [0.1, 0.15) is 42.0 Å². The predicted molar refractivity (Wildman–Crippen MR) is 168 cm³/mol. The number of Topliss-reactive ketones (excluding diaryl/α,β-unsaturated/α-hetero) is 1. The van der Waals surface area contributed by atoms with Crippen molar-refractivity contribution >= 4 is 28.8 Å². The van der Waals surface area contributed by atoms with Gasteiger partial charge in [-0.2, -0.15) is 0 Å². The van der Waals surface area contributed by atoms with Gasteiger partial charge in [0.05, 0.1) is 21.0 Å². The minimum Gasteiger partial charge on any atom is -0.460 e. The van der Waals surface area contributed by atoms with Crippen LogP contribution in [0, 0.1) is 32.1 Å². The zero-order valence-corrected chi connectivity index (χ0v) is 23.9. The summed E-state index contributed by atoms with van der Waals surface area (Å²) in [5, 5.41) is 22.6. The molecule has 5 rings (SSSR count). The molecule has 8 nitrogen and oxygen atoms in total. The van der Waals surface area contributed by atoms with Crippen molar-refractivity contribution in [3.63, 3.8) is 0 Å². The molecule has 1 atom stereocenters. The van der Waals surface area contributed by atoms with Gasteiger partial charge in [-0.05, 0) is 60.9 Å². The van der Waals surface area contributed by atoms with Crippen LogP contribution >= 0.6 is 0 Å². The van der Waals surface area contributed by atoms with E-state index in [-0.39, 0.29) is 17.2 Å². The van der Waals surface area contributed by atoms with Crippen molar-refractivity contribution in [2.24, 2.45) is 0 Å². The molecule has 0 aromatic heterocycles. The molecule has 4 aromatic rings. The van der Waals surface area contributed by atoms with Gasteiger partial charge >= 0.3 is 0 Å². The largest absolute Gasteiger partial charge is 0.460 e. The van der Waals surface area contributed by atoms with E-state index >= 15 is 0 Å². The lowest BCUT2D eigenvalue weighted by Crippen LogP contribution is -2.18. The molecule has 1 aliphatic heterocycles. The second-order valence-corrected chi connectivity index (χ2v) is 10.0. The Bertz CT molecular complexity index is 1890. The van der Waals surface area contributed by atoms with Crippen molar-refractivity contribution < 1.29 is 19.4 Å². The van der Waals surface area contributed by atoms with Crippen molar-refractivity contribution in [1.82, 2.24) is 0 Å². The van der Waals surface area contributed by atoms with Crippen LogP contribution < -0.4 is 0 Å². The zero-order valence-electron chi connectivity index (χ0n) is 23.9. The van der Waals surface area contributed by atoms with Gasteiger partial charge in [-0.15, -0.1) is 0 Å². The molecule has 0 spiro atoms. The highest BCUT2D eigenvalue weighted by Crippen LogP contribution is 2.47. The Morgan fingerprint density at radius 3 is 1.86 bits per heavy atom. The molecule has 1 aliphatic rings. The van der Waals surface area contributed by atoms with Crippen LogP contribution in [0.4, 0.5) is 11.4 Å². The molecule has 0 fully saturated rings. The number of rotatable bonds is 7. The number of ether oxygens (including phenoxy) is 1. The van der Waals surface area contributed by atoms with E-state index in [1.165, 1.54) is 31.2 Å².